The average Bonchev–Trinajstić information content (AvgIpc) is 3.05. The molecule has 0 aromatic carbocycles. The Bertz CT molecular complexity index is 464. The number of rotatable bonds is 5. The quantitative estimate of drug-likeness (QED) is 0.854. The number of carbonyl (C=O) groups is 2. The zero-order valence-corrected chi connectivity index (χ0v) is 10.4. The summed E-state index contributed by atoms with van der Waals surface area (Å²) in [6.45, 7) is 3.38. The van der Waals surface area contributed by atoms with Gasteiger partial charge in [0.15, 0.2) is 12.1 Å². The van der Waals surface area contributed by atoms with Crippen LogP contribution < -0.4 is 0 Å². The molecule has 1 unspecified atom stereocenters. The van der Waals surface area contributed by atoms with Gasteiger partial charge in [0.05, 0.1) is 0 Å². The molecule has 18 heavy (non-hydrogen) atoms. The molecule has 6 heteroatoms. The Morgan fingerprint density at radius 3 is 2.78 bits per heavy atom. The van der Waals surface area contributed by atoms with E-state index in [4.69, 9.17) is 9.52 Å². The maximum Gasteiger partial charge on any atom is 0.326 e. The van der Waals surface area contributed by atoms with Crippen LogP contribution in [0.2, 0.25) is 0 Å². The highest BCUT2D eigenvalue weighted by atomic mass is 16.4. The van der Waals surface area contributed by atoms with E-state index in [-0.39, 0.29) is 17.6 Å². The molecule has 1 aromatic heterocycles. The van der Waals surface area contributed by atoms with Gasteiger partial charge in [0.1, 0.15) is 11.8 Å². The van der Waals surface area contributed by atoms with Crippen molar-refractivity contribution in [1.82, 2.24) is 9.88 Å². The van der Waals surface area contributed by atoms with E-state index < -0.39 is 12.0 Å². The van der Waals surface area contributed by atoms with Gasteiger partial charge in [-0.2, -0.15) is 0 Å². The largest absolute Gasteiger partial charge is 0.480 e. The molecule has 1 fully saturated rings. The molecule has 0 radical (unpaired) electrons. The lowest BCUT2D eigenvalue weighted by atomic mass is 10.2. The number of carboxylic acid groups (broad SMARTS) is 1. The third-order valence-electron chi connectivity index (χ3n) is 3.11. The normalized spacial score (nSPS) is 16.3. The summed E-state index contributed by atoms with van der Waals surface area (Å²) in [6.07, 6.45) is 3.48. The van der Waals surface area contributed by atoms with Gasteiger partial charge < -0.3 is 14.4 Å². The van der Waals surface area contributed by atoms with E-state index in [1.165, 1.54) is 18.2 Å². The Morgan fingerprint density at radius 1 is 1.61 bits per heavy atom. The van der Waals surface area contributed by atoms with Gasteiger partial charge in [-0.05, 0) is 19.8 Å². The standard InChI is InChI=1S/C12H16N2O4/c1-3-9-10(13-6-18-9)11(15)14(8-4-5-8)7(2)12(16)17/h6-8H,3-5H2,1-2H3,(H,16,17). The predicted octanol–water partition coefficient (Wildman–Crippen LogP) is 1.31. The smallest absolute Gasteiger partial charge is 0.326 e. The minimum atomic E-state index is -1.00. The molecular formula is C12H16N2O4. The molecule has 1 amide bonds. The van der Waals surface area contributed by atoms with Crippen molar-refractivity contribution in [2.24, 2.45) is 0 Å². The molecule has 1 heterocycles. The first-order valence-corrected chi connectivity index (χ1v) is 6.04. The summed E-state index contributed by atoms with van der Waals surface area (Å²) in [4.78, 5) is 28.7. The number of oxazole rings is 1. The summed E-state index contributed by atoms with van der Waals surface area (Å²) in [5.74, 6) is -0.849. The molecule has 0 spiro atoms. The Balaban J connectivity index is 2.26. The van der Waals surface area contributed by atoms with Crippen molar-refractivity contribution >= 4 is 11.9 Å². The van der Waals surface area contributed by atoms with Crippen LogP contribution in [0.4, 0.5) is 0 Å². The fourth-order valence-electron chi connectivity index (χ4n) is 1.95. The number of amides is 1. The van der Waals surface area contributed by atoms with Crippen molar-refractivity contribution in [3.05, 3.63) is 17.8 Å². The number of nitrogens with zero attached hydrogens (tertiary/aromatic N) is 2. The lowest BCUT2D eigenvalue weighted by Crippen LogP contribution is -2.45. The van der Waals surface area contributed by atoms with Crippen molar-refractivity contribution in [1.29, 1.82) is 0 Å². The van der Waals surface area contributed by atoms with Crippen LogP contribution in [0.5, 0.6) is 0 Å². The molecular weight excluding hydrogens is 236 g/mol. The van der Waals surface area contributed by atoms with Gasteiger partial charge in [-0.3, -0.25) is 4.79 Å². The first-order valence-electron chi connectivity index (χ1n) is 6.04. The van der Waals surface area contributed by atoms with Crippen LogP contribution in [0, 0.1) is 0 Å². The van der Waals surface area contributed by atoms with Gasteiger partial charge in [0.25, 0.3) is 5.91 Å². The van der Waals surface area contributed by atoms with Crippen LogP contribution in [-0.2, 0) is 11.2 Å². The lowest BCUT2D eigenvalue weighted by molar-refractivity contribution is -0.141. The van der Waals surface area contributed by atoms with E-state index in [0.717, 1.165) is 12.8 Å². The van der Waals surface area contributed by atoms with Crippen LogP contribution in [0.25, 0.3) is 0 Å². The predicted molar refractivity (Wildman–Crippen MR) is 62.2 cm³/mol. The monoisotopic (exact) mass is 252 g/mol. The second-order valence-electron chi connectivity index (χ2n) is 4.44. The van der Waals surface area contributed by atoms with Gasteiger partial charge in [0.2, 0.25) is 0 Å². The lowest BCUT2D eigenvalue weighted by Gasteiger charge is -2.25. The highest BCUT2D eigenvalue weighted by Gasteiger charge is 2.40. The zero-order chi connectivity index (χ0) is 13.3. The summed E-state index contributed by atoms with van der Waals surface area (Å²) in [7, 11) is 0. The number of carboxylic acids is 1. The molecule has 0 aliphatic heterocycles. The molecule has 2 rings (SSSR count). The summed E-state index contributed by atoms with van der Waals surface area (Å²) in [5.41, 5.74) is 0.234. The first-order chi connectivity index (χ1) is 8.56. The Labute approximate surface area is 105 Å². The Hall–Kier alpha value is -1.85. The number of carbonyl (C=O) groups excluding carboxylic acids is 1. The fraction of sp³-hybridized carbons (Fsp3) is 0.583. The van der Waals surface area contributed by atoms with Crippen molar-refractivity contribution in [2.45, 2.75) is 45.2 Å². The van der Waals surface area contributed by atoms with Gasteiger partial charge in [-0.15, -0.1) is 0 Å². The summed E-state index contributed by atoms with van der Waals surface area (Å²) >= 11 is 0. The van der Waals surface area contributed by atoms with E-state index in [0.29, 0.717) is 12.2 Å². The summed E-state index contributed by atoms with van der Waals surface area (Å²) < 4.78 is 5.12. The third kappa shape index (κ3) is 2.23. The van der Waals surface area contributed by atoms with E-state index in [9.17, 15) is 9.59 Å². The summed E-state index contributed by atoms with van der Waals surface area (Å²) in [5, 5.41) is 9.06. The molecule has 1 aliphatic rings. The molecule has 98 valence electrons. The number of hydrogen-bond donors (Lipinski definition) is 1. The molecule has 1 atom stereocenters. The first kappa shape index (κ1) is 12.6. The number of aromatic nitrogens is 1. The number of hydrogen-bond acceptors (Lipinski definition) is 4. The van der Waals surface area contributed by atoms with E-state index in [1.54, 1.807) is 0 Å². The molecule has 1 N–H and O–H groups in total. The fourth-order valence-corrected chi connectivity index (χ4v) is 1.95. The third-order valence-corrected chi connectivity index (χ3v) is 3.11. The maximum absolute atomic E-state index is 12.4. The van der Waals surface area contributed by atoms with Gasteiger partial charge in [0, 0.05) is 12.5 Å². The molecule has 1 saturated carbocycles. The molecule has 1 aliphatic carbocycles. The van der Waals surface area contributed by atoms with E-state index >= 15 is 0 Å². The maximum atomic E-state index is 12.4. The van der Waals surface area contributed by atoms with Crippen LogP contribution in [0.3, 0.4) is 0 Å². The highest BCUT2D eigenvalue weighted by Crippen LogP contribution is 2.30. The van der Waals surface area contributed by atoms with Crippen LogP contribution in [-0.4, -0.2) is 39.0 Å². The second kappa shape index (κ2) is 4.80. The van der Waals surface area contributed by atoms with E-state index in [1.807, 2.05) is 6.92 Å². The van der Waals surface area contributed by atoms with Crippen LogP contribution >= 0.6 is 0 Å². The minimum absolute atomic E-state index is 0.0185. The van der Waals surface area contributed by atoms with Crippen LogP contribution in [0.1, 0.15) is 42.9 Å². The SMILES string of the molecule is CCc1ocnc1C(=O)N(C1CC1)C(C)C(=O)O. The Kier molecular flexibility index (Phi) is 3.36. The molecule has 1 aromatic rings. The van der Waals surface area contributed by atoms with Crippen molar-refractivity contribution in [3.63, 3.8) is 0 Å². The Morgan fingerprint density at radius 2 is 2.28 bits per heavy atom. The molecule has 0 saturated heterocycles. The van der Waals surface area contributed by atoms with E-state index in [2.05, 4.69) is 4.98 Å². The summed E-state index contributed by atoms with van der Waals surface area (Å²) in [6, 6.07) is -0.823. The number of aryl methyl sites for hydroxylation is 1. The van der Waals surface area contributed by atoms with Crippen molar-refractivity contribution < 1.29 is 19.1 Å². The molecule has 0 bridgehead atoms. The van der Waals surface area contributed by atoms with Gasteiger partial charge >= 0.3 is 5.97 Å². The molecule has 6 nitrogen and oxygen atoms in total. The topological polar surface area (TPSA) is 83.6 Å². The highest BCUT2D eigenvalue weighted by molar-refractivity contribution is 5.96. The van der Waals surface area contributed by atoms with Crippen molar-refractivity contribution in [2.75, 3.05) is 0 Å². The average molecular weight is 252 g/mol. The number of aliphatic carboxylic acids is 1. The second-order valence-corrected chi connectivity index (χ2v) is 4.44. The van der Waals surface area contributed by atoms with Crippen molar-refractivity contribution in [3.8, 4) is 0 Å². The van der Waals surface area contributed by atoms with Gasteiger partial charge in [-0.25, -0.2) is 9.78 Å². The zero-order valence-electron chi connectivity index (χ0n) is 10.4. The minimum Gasteiger partial charge on any atom is -0.480 e. The van der Waals surface area contributed by atoms with Crippen LogP contribution in [0.15, 0.2) is 10.8 Å². The van der Waals surface area contributed by atoms with Gasteiger partial charge in [-0.1, -0.05) is 6.92 Å².